The highest BCUT2D eigenvalue weighted by Gasteiger charge is 2.58. The van der Waals surface area contributed by atoms with Crippen molar-refractivity contribution in [2.75, 3.05) is 20.4 Å². The summed E-state index contributed by atoms with van der Waals surface area (Å²) in [7, 11) is 1.67. The molecule has 4 nitrogen and oxygen atoms in total. The van der Waals surface area contributed by atoms with Crippen LogP contribution in [0.25, 0.3) is 0 Å². The molecule has 112 valence electrons. The molecule has 0 bridgehead atoms. The van der Waals surface area contributed by atoms with Gasteiger partial charge in [0, 0.05) is 26.6 Å². The van der Waals surface area contributed by atoms with Gasteiger partial charge in [0.05, 0.1) is 6.07 Å². The number of hydrogen-bond acceptors (Lipinski definition) is 4. The zero-order chi connectivity index (χ0) is 14.8. The van der Waals surface area contributed by atoms with E-state index in [1.807, 2.05) is 18.2 Å². The zero-order valence-corrected chi connectivity index (χ0v) is 12.5. The lowest BCUT2D eigenvalue weighted by Crippen LogP contribution is -2.63. The van der Waals surface area contributed by atoms with Crippen LogP contribution in [0, 0.1) is 16.7 Å². The van der Waals surface area contributed by atoms with Gasteiger partial charge >= 0.3 is 0 Å². The van der Waals surface area contributed by atoms with Crippen LogP contribution in [0.5, 0.6) is 0 Å². The smallest absolute Gasteiger partial charge is 0.189 e. The molecule has 0 N–H and O–H groups in total. The van der Waals surface area contributed by atoms with Gasteiger partial charge in [-0.3, -0.25) is 4.90 Å². The van der Waals surface area contributed by atoms with Crippen LogP contribution in [0.2, 0.25) is 0 Å². The fourth-order valence-electron chi connectivity index (χ4n) is 3.72. The Morgan fingerprint density at radius 2 is 2.05 bits per heavy atom. The summed E-state index contributed by atoms with van der Waals surface area (Å²) in [6.07, 6.45) is 3.80. The molecule has 0 aromatic heterocycles. The summed E-state index contributed by atoms with van der Waals surface area (Å²) in [5.74, 6) is -0.715. The maximum absolute atomic E-state index is 9.82. The molecule has 1 saturated carbocycles. The number of fused-ring (bicyclic) bond motifs is 1. The molecule has 0 spiro atoms. The summed E-state index contributed by atoms with van der Waals surface area (Å²) in [6, 6.07) is 12.9. The van der Waals surface area contributed by atoms with Crippen LogP contribution in [0.4, 0.5) is 0 Å². The van der Waals surface area contributed by atoms with E-state index in [9.17, 15) is 5.26 Å². The number of nitrogens with zero attached hydrogens (tertiary/aromatic N) is 2. The van der Waals surface area contributed by atoms with Gasteiger partial charge in [-0.25, -0.2) is 0 Å². The zero-order valence-electron chi connectivity index (χ0n) is 12.5. The first-order valence-electron chi connectivity index (χ1n) is 7.60. The monoisotopic (exact) mass is 286 g/mol. The van der Waals surface area contributed by atoms with Crippen LogP contribution in [-0.2, 0) is 16.0 Å². The third-order valence-electron chi connectivity index (χ3n) is 4.86. The van der Waals surface area contributed by atoms with Crippen LogP contribution in [0.3, 0.4) is 0 Å². The van der Waals surface area contributed by atoms with Crippen LogP contribution < -0.4 is 0 Å². The molecule has 2 atom stereocenters. The predicted octanol–water partition coefficient (Wildman–Crippen LogP) is 2.90. The molecular weight excluding hydrogens is 264 g/mol. The molecule has 21 heavy (non-hydrogen) atoms. The Morgan fingerprint density at radius 1 is 1.29 bits per heavy atom. The van der Waals surface area contributed by atoms with Crippen molar-refractivity contribution in [3.05, 3.63) is 35.9 Å². The van der Waals surface area contributed by atoms with Crippen LogP contribution in [0.1, 0.15) is 31.2 Å². The molecule has 4 heteroatoms. The minimum Gasteiger partial charge on any atom is -0.352 e. The second-order valence-electron chi connectivity index (χ2n) is 6.10. The van der Waals surface area contributed by atoms with Gasteiger partial charge in [-0.15, -0.1) is 0 Å². The third kappa shape index (κ3) is 2.46. The Kier molecular flexibility index (Phi) is 3.99. The Hall–Kier alpha value is -1.41. The number of methoxy groups -OCH3 is 1. The van der Waals surface area contributed by atoms with Gasteiger partial charge in [0.1, 0.15) is 12.1 Å². The first kappa shape index (κ1) is 14.5. The van der Waals surface area contributed by atoms with E-state index in [1.54, 1.807) is 7.11 Å². The molecule has 1 saturated heterocycles. The predicted molar refractivity (Wildman–Crippen MR) is 79.1 cm³/mol. The van der Waals surface area contributed by atoms with Crippen molar-refractivity contribution in [3.8, 4) is 6.07 Å². The molecule has 2 fully saturated rings. The lowest BCUT2D eigenvalue weighted by Gasteiger charge is -2.53. The summed E-state index contributed by atoms with van der Waals surface area (Å²) >= 11 is 0. The third-order valence-corrected chi connectivity index (χ3v) is 4.86. The van der Waals surface area contributed by atoms with Crippen molar-refractivity contribution in [2.45, 2.75) is 38.0 Å². The van der Waals surface area contributed by atoms with Crippen molar-refractivity contribution in [2.24, 2.45) is 5.41 Å². The molecule has 0 unspecified atom stereocenters. The lowest BCUT2D eigenvalue weighted by atomic mass is 9.69. The van der Waals surface area contributed by atoms with Crippen molar-refractivity contribution in [1.82, 2.24) is 4.90 Å². The number of benzene rings is 1. The van der Waals surface area contributed by atoms with Crippen molar-refractivity contribution >= 4 is 0 Å². The highest BCUT2D eigenvalue weighted by molar-refractivity contribution is 5.17. The van der Waals surface area contributed by atoms with Crippen LogP contribution >= 0.6 is 0 Å². The van der Waals surface area contributed by atoms with E-state index >= 15 is 0 Å². The van der Waals surface area contributed by atoms with Crippen LogP contribution in [0.15, 0.2) is 30.3 Å². The molecule has 1 heterocycles. The molecule has 2 aliphatic rings. The van der Waals surface area contributed by atoms with E-state index in [0.29, 0.717) is 13.3 Å². The van der Waals surface area contributed by atoms with Gasteiger partial charge < -0.3 is 9.47 Å². The number of ether oxygens (including phenoxy) is 2. The normalized spacial score (nSPS) is 33.1. The van der Waals surface area contributed by atoms with Crippen molar-refractivity contribution in [1.29, 1.82) is 5.26 Å². The maximum atomic E-state index is 9.82. The van der Waals surface area contributed by atoms with Crippen molar-refractivity contribution in [3.63, 3.8) is 0 Å². The topological polar surface area (TPSA) is 45.5 Å². The van der Waals surface area contributed by atoms with Gasteiger partial charge in [-0.1, -0.05) is 36.8 Å². The number of rotatable bonds is 3. The van der Waals surface area contributed by atoms with E-state index < -0.39 is 11.2 Å². The first-order valence-corrected chi connectivity index (χ1v) is 7.60. The fourth-order valence-corrected chi connectivity index (χ4v) is 3.72. The molecular formula is C17H22N2O2. The van der Waals surface area contributed by atoms with E-state index in [2.05, 4.69) is 23.1 Å². The van der Waals surface area contributed by atoms with E-state index in [1.165, 1.54) is 5.56 Å². The highest BCUT2D eigenvalue weighted by atomic mass is 16.7. The van der Waals surface area contributed by atoms with Gasteiger partial charge in [0.15, 0.2) is 5.79 Å². The molecule has 1 aromatic carbocycles. The standard InChI is InChI=1S/C17H22N2O2/c1-20-17-10-6-5-9-16(17,12-18)13-19(14-21-17)11-15-7-3-2-4-8-15/h2-4,7-8H,5-6,9-11,13-14H2,1H3/t16-,17+/m0/s1. The fraction of sp³-hybridized carbons (Fsp3) is 0.588. The Balaban J connectivity index is 1.80. The molecule has 0 amide bonds. The molecule has 1 aliphatic carbocycles. The molecule has 1 aromatic rings. The maximum Gasteiger partial charge on any atom is 0.189 e. The first-order chi connectivity index (χ1) is 10.2. The number of nitriles is 1. The average molecular weight is 286 g/mol. The number of hydrogen-bond donors (Lipinski definition) is 0. The largest absolute Gasteiger partial charge is 0.352 e. The molecule has 1 aliphatic heterocycles. The molecule has 0 radical (unpaired) electrons. The summed E-state index contributed by atoms with van der Waals surface area (Å²) < 4.78 is 11.8. The minimum atomic E-state index is -0.715. The average Bonchev–Trinajstić information content (AvgIpc) is 2.55. The summed E-state index contributed by atoms with van der Waals surface area (Å²) in [5, 5.41) is 9.82. The summed E-state index contributed by atoms with van der Waals surface area (Å²) in [4.78, 5) is 2.21. The SMILES string of the molecule is CO[C@@]12CCCC[C@]1(C#N)CN(Cc1ccccc1)CO2. The van der Waals surface area contributed by atoms with Crippen LogP contribution in [-0.4, -0.2) is 31.1 Å². The lowest BCUT2D eigenvalue weighted by molar-refractivity contribution is -0.332. The Labute approximate surface area is 126 Å². The van der Waals surface area contributed by atoms with Gasteiger partial charge in [-0.2, -0.15) is 5.26 Å². The van der Waals surface area contributed by atoms with Crippen molar-refractivity contribution < 1.29 is 9.47 Å². The van der Waals surface area contributed by atoms with E-state index in [0.717, 1.165) is 32.2 Å². The quantitative estimate of drug-likeness (QED) is 0.857. The minimum absolute atomic E-state index is 0.520. The van der Waals surface area contributed by atoms with Gasteiger partial charge in [0.2, 0.25) is 0 Å². The van der Waals surface area contributed by atoms with Gasteiger partial charge in [0.25, 0.3) is 0 Å². The van der Waals surface area contributed by atoms with E-state index in [4.69, 9.17) is 9.47 Å². The summed E-state index contributed by atoms with van der Waals surface area (Å²) in [6.45, 7) is 2.04. The Morgan fingerprint density at radius 3 is 2.76 bits per heavy atom. The second-order valence-corrected chi connectivity index (χ2v) is 6.10. The highest BCUT2D eigenvalue weighted by Crippen LogP contribution is 2.49. The second kappa shape index (κ2) is 5.76. The van der Waals surface area contributed by atoms with Gasteiger partial charge in [-0.05, 0) is 18.4 Å². The van der Waals surface area contributed by atoms with E-state index in [-0.39, 0.29) is 0 Å². The Bertz CT molecular complexity index is 527. The molecule has 3 rings (SSSR count). The summed E-state index contributed by atoms with van der Waals surface area (Å²) in [5.41, 5.74) is 0.697.